The maximum atomic E-state index is 13.4. The number of fused-ring (bicyclic) bond motifs is 1. The van der Waals surface area contributed by atoms with E-state index in [1.165, 1.54) is 34.3 Å². The molecule has 0 unspecified atom stereocenters. The third-order valence-electron chi connectivity index (χ3n) is 5.71. The first-order valence-corrected chi connectivity index (χ1v) is 12.3. The summed E-state index contributed by atoms with van der Waals surface area (Å²) >= 11 is 3.17. The molecule has 1 amide bonds. The van der Waals surface area contributed by atoms with Crippen molar-refractivity contribution in [2.45, 2.75) is 43.6 Å². The van der Waals surface area contributed by atoms with Gasteiger partial charge in [-0.1, -0.05) is 11.8 Å². The van der Waals surface area contributed by atoms with Crippen LogP contribution in [0.5, 0.6) is 0 Å². The average Bonchev–Trinajstić information content (AvgIpc) is 3.54. The number of hydrogen-bond donors (Lipinski definition) is 0. The summed E-state index contributed by atoms with van der Waals surface area (Å²) in [7, 11) is 0. The highest BCUT2D eigenvalue weighted by molar-refractivity contribution is 7.99. The zero-order valence-corrected chi connectivity index (χ0v) is 18.6. The molecule has 1 saturated heterocycles. The van der Waals surface area contributed by atoms with E-state index in [9.17, 15) is 9.18 Å². The molecule has 0 N–H and O–H groups in total. The van der Waals surface area contributed by atoms with E-state index >= 15 is 0 Å². The second-order valence-corrected chi connectivity index (χ2v) is 9.72. The molecule has 1 aromatic carbocycles. The maximum absolute atomic E-state index is 13.4. The highest BCUT2D eigenvalue weighted by atomic mass is 32.2. The fourth-order valence-electron chi connectivity index (χ4n) is 4.04. The molecule has 0 saturated carbocycles. The minimum atomic E-state index is -0.288. The zero-order chi connectivity index (χ0) is 21.2. The number of thioether (sulfide) groups is 1. The van der Waals surface area contributed by atoms with Crippen LogP contribution in [-0.4, -0.2) is 50.6 Å². The standard InChI is InChI=1S/C22H23FN4O2S2/c23-17-5-3-15(4-6-17)21-24-25-22(27(21)13-18-2-1-10-29-18)31-14-20(28)26-9-7-19-16(12-26)8-11-30-19/h3-6,8,11,18H,1-2,7,9-10,12-14H2/t18-/m1/s1. The first kappa shape index (κ1) is 20.7. The van der Waals surface area contributed by atoms with E-state index in [4.69, 9.17) is 4.74 Å². The summed E-state index contributed by atoms with van der Waals surface area (Å²) in [6, 6.07) is 8.37. The van der Waals surface area contributed by atoms with Crippen molar-refractivity contribution in [3.05, 3.63) is 52.0 Å². The number of rotatable bonds is 6. The van der Waals surface area contributed by atoms with Crippen LogP contribution in [0.25, 0.3) is 11.4 Å². The molecular formula is C22H23FN4O2S2. The molecule has 6 nitrogen and oxygen atoms in total. The summed E-state index contributed by atoms with van der Waals surface area (Å²) in [5.74, 6) is 0.805. The van der Waals surface area contributed by atoms with Crippen LogP contribution in [0, 0.1) is 5.82 Å². The van der Waals surface area contributed by atoms with E-state index in [1.807, 2.05) is 9.47 Å². The normalized spacial score (nSPS) is 18.4. The minimum absolute atomic E-state index is 0.101. The molecule has 5 rings (SSSR count). The third-order valence-corrected chi connectivity index (χ3v) is 7.69. The highest BCUT2D eigenvalue weighted by Gasteiger charge is 2.25. The lowest BCUT2D eigenvalue weighted by molar-refractivity contribution is -0.129. The van der Waals surface area contributed by atoms with Crippen LogP contribution in [0.1, 0.15) is 23.3 Å². The largest absolute Gasteiger partial charge is 0.376 e. The lowest BCUT2D eigenvalue weighted by Crippen LogP contribution is -2.36. The van der Waals surface area contributed by atoms with Gasteiger partial charge in [-0.05, 0) is 60.5 Å². The maximum Gasteiger partial charge on any atom is 0.233 e. The van der Waals surface area contributed by atoms with Gasteiger partial charge in [0.15, 0.2) is 11.0 Å². The topological polar surface area (TPSA) is 60.3 Å². The smallest absolute Gasteiger partial charge is 0.233 e. The number of thiophene rings is 1. The van der Waals surface area contributed by atoms with Crippen molar-refractivity contribution >= 4 is 29.0 Å². The number of ether oxygens (including phenoxy) is 1. The van der Waals surface area contributed by atoms with Gasteiger partial charge >= 0.3 is 0 Å². The molecule has 3 aromatic rings. The Hall–Kier alpha value is -2.23. The molecule has 0 spiro atoms. The molecule has 0 radical (unpaired) electrons. The van der Waals surface area contributed by atoms with E-state index in [1.54, 1.807) is 23.5 Å². The van der Waals surface area contributed by atoms with Gasteiger partial charge in [-0.25, -0.2) is 4.39 Å². The van der Waals surface area contributed by atoms with Crippen LogP contribution >= 0.6 is 23.1 Å². The number of aromatic nitrogens is 3. The number of amides is 1. The molecule has 2 aliphatic heterocycles. The van der Waals surface area contributed by atoms with E-state index in [-0.39, 0.29) is 17.8 Å². The Bertz CT molecular complexity index is 1060. The van der Waals surface area contributed by atoms with Gasteiger partial charge in [0, 0.05) is 30.1 Å². The van der Waals surface area contributed by atoms with E-state index in [0.717, 1.165) is 38.0 Å². The number of halogens is 1. The Kier molecular flexibility index (Phi) is 6.06. The van der Waals surface area contributed by atoms with Crippen LogP contribution < -0.4 is 0 Å². The summed E-state index contributed by atoms with van der Waals surface area (Å²) in [6.07, 6.45) is 3.05. The highest BCUT2D eigenvalue weighted by Crippen LogP contribution is 2.28. The van der Waals surface area contributed by atoms with Crippen molar-refractivity contribution in [1.82, 2.24) is 19.7 Å². The van der Waals surface area contributed by atoms with Crippen LogP contribution in [0.4, 0.5) is 4.39 Å². The quantitative estimate of drug-likeness (QED) is 0.523. The fraction of sp³-hybridized carbons (Fsp3) is 0.409. The van der Waals surface area contributed by atoms with Crippen molar-refractivity contribution in [2.75, 3.05) is 18.9 Å². The van der Waals surface area contributed by atoms with Gasteiger partial charge in [-0.2, -0.15) is 0 Å². The molecule has 2 aliphatic rings. The number of benzene rings is 1. The van der Waals surface area contributed by atoms with Crippen LogP contribution in [0.3, 0.4) is 0 Å². The number of carbonyl (C=O) groups excluding carboxylic acids is 1. The van der Waals surface area contributed by atoms with Gasteiger partial charge in [0.2, 0.25) is 5.91 Å². The van der Waals surface area contributed by atoms with Gasteiger partial charge in [-0.15, -0.1) is 21.5 Å². The second kappa shape index (κ2) is 9.10. The molecule has 0 aliphatic carbocycles. The Morgan fingerprint density at radius 3 is 2.94 bits per heavy atom. The molecular weight excluding hydrogens is 435 g/mol. The Balaban J connectivity index is 1.32. The molecule has 1 fully saturated rings. The van der Waals surface area contributed by atoms with Gasteiger partial charge < -0.3 is 9.64 Å². The van der Waals surface area contributed by atoms with Gasteiger partial charge in [-0.3, -0.25) is 9.36 Å². The van der Waals surface area contributed by atoms with Crippen molar-refractivity contribution in [1.29, 1.82) is 0 Å². The van der Waals surface area contributed by atoms with Crippen LogP contribution in [-0.2, 0) is 29.0 Å². The lowest BCUT2D eigenvalue weighted by atomic mass is 10.1. The second-order valence-electron chi connectivity index (χ2n) is 7.78. The van der Waals surface area contributed by atoms with Crippen molar-refractivity contribution in [3.63, 3.8) is 0 Å². The predicted molar refractivity (Wildman–Crippen MR) is 119 cm³/mol. The van der Waals surface area contributed by atoms with Crippen molar-refractivity contribution in [3.8, 4) is 11.4 Å². The number of carbonyl (C=O) groups is 1. The van der Waals surface area contributed by atoms with Crippen molar-refractivity contribution in [2.24, 2.45) is 0 Å². The SMILES string of the molecule is O=C(CSc1nnc(-c2ccc(F)cc2)n1C[C@H]1CCCO1)N1CCc2sccc2C1. The lowest BCUT2D eigenvalue weighted by Gasteiger charge is -2.26. The van der Waals surface area contributed by atoms with Gasteiger partial charge in [0.1, 0.15) is 5.82 Å². The average molecular weight is 459 g/mol. The van der Waals surface area contributed by atoms with Crippen molar-refractivity contribution < 1.29 is 13.9 Å². The minimum Gasteiger partial charge on any atom is -0.376 e. The number of nitrogens with zero attached hydrogens (tertiary/aromatic N) is 4. The summed E-state index contributed by atoms with van der Waals surface area (Å²) in [6.45, 7) is 2.83. The van der Waals surface area contributed by atoms with E-state index in [2.05, 4.69) is 21.6 Å². The van der Waals surface area contributed by atoms with Crippen LogP contribution in [0.2, 0.25) is 0 Å². The van der Waals surface area contributed by atoms with Crippen LogP contribution in [0.15, 0.2) is 40.9 Å². The number of hydrogen-bond acceptors (Lipinski definition) is 6. The Morgan fingerprint density at radius 2 is 2.13 bits per heavy atom. The van der Waals surface area contributed by atoms with E-state index < -0.39 is 0 Å². The third kappa shape index (κ3) is 4.53. The molecule has 9 heteroatoms. The van der Waals surface area contributed by atoms with E-state index in [0.29, 0.717) is 29.8 Å². The molecule has 31 heavy (non-hydrogen) atoms. The Labute approximate surface area is 188 Å². The zero-order valence-electron chi connectivity index (χ0n) is 17.0. The summed E-state index contributed by atoms with van der Waals surface area (Å²) in [5.41, 5.74) is 2.06. The first-order chi connectivity index (χ1) is 15.2. The molecule has 4 heterocycles. The first-order valence-electron chi connectivity index (χ1n) is 10.4. The molecule has 1 atom stereocenters. The molecule has 2 aromatic heterocycles. The summed E-state index contributed by atoms with van der Waals surface area (Å²) in [4.78, 5) is 16.2. The van der Waals surface area contributed by atoms with Gasteiger partial charge in [0.05, 0.1) is 18.4 Å². The summed E-state index contributed by atoms with van der Waals surface area (Å²) < 4.78 is 21.2. The monoisotopic (exact) mass is 458 g/mol. The Morgan fingerprint density at radius 1 is 1.26 bits per heavy atom. The molecule has 162 valence electrons. The van der Waals surface area contributed by atoms with Gasteiger partial charge in [0.25, 0.3) is 0 Å². The predicted octanol–water partition coefficient (Wildman–Crippen LogP) is 4.00. The fourth-order valence-corrected chi connectivity index (χ4v) is 5.78. The summed E-state index contributed by atoms with van der Waals surface area (Å²) in [5, 5.41) is 11.5. The molecule has 0 bridgehead atoms.